The number of carbonyl (C=O) groups is 3. The molecule has 0 radical (unpaired) electrons. The van der Waals surface area contributed by atoms with Crippen molar-refractivity contribution in [2.45, 2.75) is 49.6 Å². The molecule has 0 aliphatic carbocycles. The van der Waals surface area contributed by atoms with Crippen molar-refractivity contribution in [1.29, 1.82) is 0 Å². The second kappa shape index (κ2) is 18.5. The molecule has 264 valence electrons. The van der Waals surface area contributed by atoms with Crippen molar-refractivity contribution < 1.29 is 23.9 Å². The summed E-state index contributed by atoms with van der Waals surface area (Å²) in [5.41, 5.74) is 3.92. The highest BCUT2D eigenvalue weighted by Gasteiger charge is 2.38. The van der Waals surface area contributed by atoms with Gasteiger partial charge in [0.05, 0.1) is 17.9 Å². The summed E-state index contributed by atoms with van der Waals surface area (Å²) in [6.45, 7) is 5.92. The first kappa shape index (κ1) is 38.4. The molecule has 2 amide bonds. The van der Waals surface area contributed by atoms with Crippen LogP contribution >= 0.6 is 23.5 Å². The predicted molar refractivity (Wildman–Crippen MR) is 206 cm³/mol. The number of methoxy groups -OCH3 is 1. The lowest BCUT2D eigenvalue weighted by Crippen LogP contribution is -2.45. The van der Waals surface area contributed by atoms with Gasteiger partial charge in [-0.05, 0) is 80.2 Å². The molecule has 0 spiro atoms. The van der Waals surface area contributed by atoms with Crippen LogP contribution in [-0.4, -0.2) is 67.1 Å². The van der Waals surface area contributed by atoms with Gasteiger partial charge >= 0.3 is 12.1 Å². The van der Waals surface area contributed by atoms with Crippen LogP contribution in [0.3, 0.4) is 0 Å². The third-order valence-corrected chi connectivity index (χ3v) is 10.2. The average molecular weight is 714 g/mol. The molecule has 0 saturated heterocycles. The molecule has 0 saturated carbocycles. The molecule has 0 aromatic heterocycles. The second-order valence-electron chi connectivity index (χ2n) is 12.7. The van der Waals surface area contributed by atoms with Crippen LogP contribution in [0.4, 0.5) is 10.5 Å². The molecule has 50 heavy (non-hydrogen) atoms. The maximum Gasteiger partial charge on any atom is 0.407 e. The number of anilines is 1. The predicted octanol–water partition coefficient (Wildman–Crippen LogP) is 7.74. The molecule has 0 bridgehead atoms. The summed E-state index contributed by atoms with van der Waals surface area (Å²) in [7, 11) is 1.31. The highest BCUT2D eigenvalue weighted by molar-refractivity contribution is 8.00. The molecular weight excluding hydrogens is 667 g/mol. The Morgan fingerprint density at radius 2 is 1.26 bits per heavy atom. The minimum atomic E-state index is -0.718. The van der Waals surface area contributed by atoms with Gasteiger partial charge in [0.15, 0.2) is 0 Å². The van der Waals surface area contributed by atoms with Crippen molar-refractivity contribution in [3.63, 3.8) is 0 Å². The third kappa shape index (κ3) is 10.8. The van der Waals surface area contributed by atoms with E-state index in [-0.39, 0.29) is 11.9 Å². The number of carbonyl (C=O) groups excluding carboxylic acids is 3. The van der Waals surface area contributed by atoms with Crippen molar-refractivity contribution in [2.24, 2.45) is 0 Å². The topological polar surface area (TPSA) is 106 Å². The van der Waals surface area contributed by atoms with Crippen LogP contribution in [0, 0.1) is 0 Å². The number of hydrogen-bond acceptors (Lipinski definition) is 8. The standard InChI is InChI=1S/C40H47N3O5S2/c1-39(2,3)48-38(46)42-34(27-41-33-23-21-29(22-24-33)36(44)43-35(25-26-49-5)37(45)47-4)28-50-40(30-15-9-6-10-16-30,31-17-11-7-12-18-31)32-19-13-8-14-20-32/h6-24,34-35,41H,25-28H2,1-5H3,(H,42,46)(H,43,44)/t34-,35+/m1/s1. The number of nitrogens with one attached hydrogen (secondary N) is 3. The number of benzene rings is 4. The first-order valence-electron chi connectivity index (χ1n) is 16.6. The lowest BCUT2D eigenvalue weighted by atomic mass is 9.84. The van der Waals surface area contributed by atoms with E-state index in [0.717, 1.165) is 22.4 Å². The Hall–Kier alpha value is -4.41. The summed E-state index contributed by atoms with van der Waals surface area (Å²) in [4.78, 5) is 38.3. The minimum absolute atomic E-state index is 0.342. The molecule has 4 rings (SSSR count). The van der Waals surface area contributed by atoms with Crippen LogP contribution in [0.1, 0.15) is 54.2 Å². The summed E-state index contributed by atoms with van der Waals surface area (Å²) < 4.78 is 9.97. The lowest BCUT2D eigenvalue weighted by molar-refractivity contribution is -0.142. The Kier molecular flexibility index (Phi) is 14.2. The SMILES string of the molecule is COC(=O)[C@H](CCSC)NC(=O)c1ccc(NC[C@H](CSC(c2ccccc2)(c2ccccc2)c2ccccc2)NC(=O)OC(C)(C)C)cc1. The number of rotatable bonds is 16. The van der Waals surface area contributed by atoms with E-state index in [9.17, 15) is 14.4 Å². The van der Waals surface area contributed by atoms with E-state index in [1.807, 2.05) is 57.4 Å². The number of hydrogen-bond donors (Lipinski definition) is 3. The molecule has 3 N–H and O–H groups in total. The van der Waals surface area contributed by atoms with Gasteiger partial charge in [0, 0.05) is 23.5 Å². The summed E-state index contributed by atoms with van der Waals surface area (Å²) in [6.07, 6.45) is 1.92. The van der Waals surface area contributed by atoms with E-state index in [1.54, 1.807) is 35.7 Å². The molecule has 0 unspecified atom stereocenters. The molecule has 4 aromatic rings. The van der Waals surface area contributed by atoms with Crippen molar-refractivity contribution in [2.75, 3.05) is 36.7 Å². The average Bonchev–Trinajstić information content (AvgIpc) is 3.12. The Morgan fingerprint density at radius 3 is 1.72 bits per heavy atom. The maximum absolute atomic E-state index is 13.1. The van der Waals surface area contributed by atoms with E-state index in [2.05, 4.69) is 88.7 Å². The normalized spacial score (nSPS) is 12.7. The van der Waals surface area contributed by atoms with Gasteiger partial charge in [0.2, 0.25) is 0 Å². The van der Waals surface area contributed by atoms with Gasteiger partial charge in [-0.1, -0.05) is 91.0 Å². The van der Waals surface area contributed by atoms with Crippen molar-refractivity contribution >= 4 is 47.2 Å². The van der Waals surface area contributed by atoms with Gasteiger partial charge in [0.25, 0.3) is 5.91 Å². The fourth-order valence-electron chi connectivity index (χ4n) is 5.47. The number of esters is 1. The van der Waals surface area contributed by atoms with Gasteiger partial charge in [-0.3, -0.25) is 4.79 Å². The summed E-state index contributed by atoms with van der Waals surface area (Å²) in [6, 6.07) is 37.2. The fourth-order valence-corrected chi connectivity index (χ4v) is 7.50. The van der Waals surface area contributed by atoms with E-state index in [1.165, 1.54) is 7.11 Å². The van der Waals surface area contributed by atoms with E-state index >= 15 is 0 Å². The zero-order chi connectivity index (χ0) is 36.0. The molecule has 0 aliphatic rings. The van der Waals surface area contributed by atoms with Crippen LogP contribution in [0.5, 0.6) is 0 Å². The first-order valence-corrected chi connectivity index (χ1v) is 18.9. The van der Waals surface area contributed by atoms with Crippen LogP contribution in [0.15, 0.2) is 115 Å². The number of thioether (sulfide) groups is 2. The highest BCUT2D eigenvalue weighted by atomic mass is 32.2. The minimum Gasteiger partial charge on any atom is -0.467 e. The van der Waals surface area contributed by atoms with Gasteiger partial charge in [-0.15, -0.1) is 11.8 Å². The van der Waals surface area contributed by atoms with Crippen LogP contribution < -0.4 is 16.0 Å². The largest absolute Gasteiger partial charge is 0.467 e. The maximum atomic E-state index is 13.1. The second-order valence-corrected chi connectivity index (χ2v) is 14.9. The van der Waals surface area contributed by atoms with E-state index < -0.39 is 28.5 Å². The smallest absolute Gasteiger partial charge is 0.407 e. The zero-order valence-corrected chi connectivity index (χ0v) is 30.9. The summed E-state index contributed by atoms with van der Waals surface area (Å²) in [5.74, 6) is 0.426. The van der Waals surface area contributed by atoms with Crippen LogP contribution in [0.25, 0.3) is 0 Å². The van der Waals surface area contributed by atoms with Gasteiger partial charge < -0.3 is 25.4 Å². The fraction of sp³-hybridized carbons (Fsp3) is 0.325. The quantitative estimate of drug-likeness (QED) is 0.0801. The first-order chi connectivity index (χ1) is 24.1. The number of alkyl carbamates (subject to hydrolysis) is 1. The number of ether oxygens (including phenoxy) is 2. The molecule has 0 heterocycles. The van der Waals surface area contributed by atoms with Gasteiger partial charge in [0.1, 0.15) is 11.6 Å². The molecular formula is C40H47N3O5S2. The van der Waals surface area contributed by atoms with Crippen molar-refractivity contribution in [3.05, 3.63) is 138 Å². The lowest BCUT2D eigenvalue weighted by Gasteiger charge is -2.37. The zero-order valence-electron chi connectivity index (χ0n) is 29.3. The van der Waals surface area contributed by atoms with Crippen molar-refractivity contribution in [1.82, 2.24) is 10.6 Å². The molecule has 10 heteroatoms. The van der Waals surface area contributed by atoms with Crippen LogP contribution in [-0.2, 0) is 19.0 Å². The Morgan fingerprint density at radius 1 is 0.740 bits per heavy atom. The molecule has 2 atom stereocenters. The van der Waals surface area contributed by atoms with Gasteiger partial charge in [-0.25, -0.2) is 9.59 Å². The summed E-state index contributed by atoms with van der Waals surface area (Å²) in [5, 5.41) is 9.33. The Balaban J connectivity index is 1.57. The van der Waals surface area contributed by atoms with Crippen molar-refractivity contribution in [3.8, 4) is 0 Å². The molecule has 0 fully saturated rings. The molecule has 8 nitrogen and oxygen atoms in total. The third-order valence-electron chi connectivity index (χ3n) is 7.86. The number of amides is 2. The highest BCUT2D eigenvalue weighted by Crippen LogP contribution is 2.48. The van der Waals surface area contributed by atoms with Crippen LogP contribution in [0.2, 0.25) is 0 Å². The Labute approximate surface area is 304 Å². The Bertz CT molecular complexity index is 1550. The monoisotopic (exact) mass is 713 g/mol. The van der Waals surface area contributed by atoms with E-state index in [0.29, 0.717) is 30.0 Å². The van der Waals surface area contributed by atoms with Gasteiger partial charge in [-0.2, -0.15) is 11.8 Å². The summed E-state index contributed by atoms with van der Waals surface area (Å²) >= 11 is 3.35. The molecule has 4 aromatic carbocycles. The molecule has 0 aliphatic heterocycles. The van der Waals surface area contributed by atoms with E-state index in [4.69, 9.17) is 9.47 Å².